The van der Waals surface area contributed by atoms with Gasteiger partial charge in [0.15, 0.2) is 0 Å². The quantitative estimate of drug-likeness (QED) is 0.498. The van der Waals surface area contributed by atoms with Crippen LogP contribution in [0.3, 0.4) is 0 Å². The van der Waals surface area contributed by atoms with Crippen LogP contribution in [0.2, 0.25) is 41.8 Å². The van der Waals surface area contributed by atoms with E-state index in [1.165, 1.54) is 27.3 Å². The summed E-state index contributed by atoms with van der Waals surface area (Å²) in [6.45, 7) is 3.34. The van der Waals surface area contributed by atoms with Gasteiger partial charge in [0.2, 0.25) is 0 Å². The van der Waals surface area contributed by atoms with Crippen LogP contribution in [-0.4, -0.2) is 9.01 Å². The maximum atomic E-state index is 13.0. The Kier molecular flexibility index (Phi) is 0.298. The number of alkyl halides is 1. The van der Waals surface area contributed by atoms with Crippen molar-refractivity contribution < 1.29 is 11.3 Å². The number of halogens is 1. The molecule has 0 aromatic carbocycles. The van der Waals surface area contributed by atoms with Gasteiger partial charge in [-0.1, -0.05) is 0 Å². The SMILES string of the molecule is CC[C]12[CH]3[C]4(CC)[C]5(C(C)=O)[CH]1[Fe]32451678[CH]2[CH]1[CH]6[C]7(Br)[CH]28. The number of carbonyl (C=O) groups is 1. The average molecular weight is 363 g/mol. The van der Waals surface area contributed by atoms with E-state index in [-0.39, 0.29) is 0 Å². The predicted octanol–water partition coefficient (Wildman–Crippen LogP) is 5.20. The Balaban J connectivity index is 1.75. The van der Waals surface area contributed by atoms with Gasteiger partial charge < -0.3 is 0 Å². The van der Waals surface area contributed by atoms with E-state index in [1.54, 1.807) is 0 Å². The first-order valence-corrected chi connectivity index (χ1v) is 15.0. The molecule has 10 aliphatic rings. The molecule has 10 saturated heterocycles. The molecule has 0 amide bonds. The van der Waals surface area contributed by atoms with Crippen LogP contribution in [-0.2, 0) is 11.3 Å². The summed E-state index contributed by atoms with van der Waals surface area (Å²) in [5, 5.41) is 0. The molecule has 0 aromatic heterocycles. The Bertz CT molecular complexity index is 1210. The molecule has 104 valence electrons. The summed E-state index contributed by atoms with van der Waals surface area (Å²) >= 11 is 4.44. The Labute approximate surface area is 111 Å². The minimum atomic E-state index is -3.63. The number of Topliss-reactive ketones (excluding diaryl/α,β-unsaturated/α-hetero) is 1. The van der Waals surface area contributed by atoms with Gasteiger partial charge in [-0.15, -0.1) is 0 Å². The summed E-state index contributed by atoms with van der Waals surface area (Å²) in [4.78, 5) is 19.8. The second-order valence-electron chi connectivity index (χ2n) is 11.4. The van der Waals surface area contributed by atoms with Crippen molar-refractivity contribution in [1.29, 1.82) is 0 Å². The molecular weight excluding hydrogens is 344 g/mol. The van der Waals surface area contributed by atoms with Gasteiger partial charge in [-0.25, -0.2) is 0 Å². The van der Waals surface area contributed by atoms with E-state index in [0.29, 0.717) is 17.6 Å². The summed E-state index contributed by atoms with van der Waals surface area (Å²) in [5.74, 6) is 0.697. The Morgan fingerprint density at radius 3 is 2.05 bits per heavy atom. The van der Waals surface area contributed by atoms with E-state index in [2.05, 4.69) is 29.8 Å². The van der Waals surface area contributed by atoms with E-state index in [0.717, 1.165) is 18.8 Å². The van der Waals surface area contributed by atoms with Crippen molar-refractivity contribution >= 4 is 21.7 Å². The van der Waals surface area contributed by atoms with Gasteiger partial charge >= 0.3 is 112 Å². The first kappa shape index (κ1) is 8.34. The number of hydrogen-bond donors (Lipinski definition) is 0. The fourth-order valence-electron chi connectivity index (χ4n) is 20.9. The molecule has 1 nitrogen and oxygen atoms in total. The standard InChI is InChI=1S/C11H15O.C5H4Br.Fe/c1-4-9-6-10(5-2)11(7-9)8(3)12;6-5-3-1-2-4-5;/h6-7H,4-5H2,1-3H3;1-4H;. The Morgan fingerprint density at radius 1 is 1.16 bits per heavy atom. The van der Waals surface area contributed by atoms with Crippen LogP contribution in [0.5, 0.6) is 0 Å². The molecule has 0 radical (unpaired) electrons. The van der Waals surface area contributed by atoms with Gasteiger partial charge in [-0.2, -0.15) is 0 Å². The minimum absolute atomic E-state index is 0.380. The molecule has 0 aliphatic carbocycles. The van der Waals surface area contributed by atoms with Crippen molar-refractivity contribution in [3.63, 3.8) is 0 Å². The summed E-state index contributed by atoms with van der Waals surface area (Å²) in [7, 11) is 0. The molecule has 10 aliphatic heterocycles. The normalized spacial score (nSPS) is 120. The number of hydrogen-bond acceptors (Lipinski definition) is 1. The van der Waals surface area contributed by atoms with Gasteiger partial charge in [-0.05, 0) is 0 Å². The van der Waals surface area contributed by atoms with Gasteiger partial charge in [-0.3, -0.25) is 0 Å². The fourth-order valence-corrected chi connectivity index (χ4v) is 116. The van der Waals surface area contributed by atoms with Gasteiger partial charge in [0.25, 0.3) is 0 Å². The molecule has 9 atom stereocenters. The van der Waals surface area contributed by atoms with Crippen LogP contribution in [0.4, 0.5) is 0 Å². The van der Waals surface area contributed by atoms with Crippen LogP contribution >= 0.6 is 15.9 Å². The predicted molar refractivity (Wildman–Crippen MR) is 73.5 cm³/mol. The first-order chi connectivity index (χ1) is 8.77. The molecule has 10 rings (SSSR count). The molecule has 10 fully saturated rings. The zero-order chi connectivity index (χ0) is 12.8. The van der Waals surface area contributed by atoms with Crippen LogP contribution in [0.15, 0.2) is 0 Å². The van der Waals surface area contributed by atoms with Crippen molar-refractivity contribution in [2.75, 3.05) is 0 Å². The molecular formula is C16H19BrFeO. The van der Waals surface area contributed by atoms with Crippen molar-refractivity contribution in [2.45, 2.75) is 78.7 Å². The molecule has 0 bridgehead atoms. The molecule has 0 aromatic rings. The summed E-state index contributed by atoms with van der Waals surface area (Å²) in [6, 6.07) is 0. The van der Waals surface area contributed by atoms with Crippen LogP contribution in [0.1, 0.15) is 33.6 Å². The van der Waals surface area contributed by atoms with Crippen LogP contribution in [0, 0.1) is 0 Å². The second kappa shape index (κ2) is 0.679. The van der Waals surface area contributed by atoms with E-state index in [4.69, 9.17) is 0 Å². The molecule has 0 saturated carbocycles. The van der Waals surface area contributed by atoms with Gasteiger partial charge in [0, 0.05) is 0 Å². The summed E-state index contributed by atoms with van der Waals surface area (Å²) in [6.07, 6.45) is 2.85. The fraction of sp³-hybridized carbons (Fsp3) is 0.938. The van der Waals surface area contributed by atoms with E-state index in [1.807, 2.05) is 6.92 Å². The van der Waals surface area contributed by atoms with E-state index in [9.17, 15) is 4.79 Å². The van der Waals surface area contributed by atoms with Crippen molar-refractivity contribution in [3.8, 4) is 0 Å². The number of carbonyl (C=O) groups excluding carboxylic acids is 1. The monoisotopic (exact) mass is 362 g/mol. The van der Waals surface area contributed by atoms with Gasteiger partial charge in [0.1, 0.15) is 0 Å². The molecule has 0 N–H and O–H groups in total. The third kappa shape index (κ3) is 0.0735. The van der Waals surface area contributed by atoms with Crippen molar-refractivity contribution in [2.24, 2.45) is 0 Å². The average Bonchev–Trinajstić information content (AvgIpc) is 3.32. The number of ketones is 1. The van der Waals surface area contributed by atoms with Gasteiger partial charge in [0.05, 0.1) is 0 Å². The summed E-state index contributed by atoms with van der Waals surface area (Å²) in [5.41, 5.74) is 0. The molecule has 10 heterocycles. The summed E-state index contributed by atoms with van der Waals surface area (Å²) < 4.78 is 2.56. The number of fused-ring (bicyclic) bond motifs is 10. The molecule has 19 heavy (non-hydrogen) atoms. The molecule has 3 heteroatoms. The topological polar surface area (TPSA) is 17.1 Å². The van der Waals surface area contributed by atoms with E-state index < -0.39 is 6.51 Å². The zero-order valence-corrected chi connectivity index (χ0v) is 14.2. The van der Waals surface area contributed by atoms with Crippen LogP contribution < -0.4 is 0 Å². The number of rotatable bonds is 3. The van der Waals surface area contributed by atoms with Crippen molar-refractivity contribution in [3.05, 3.63) is 0 Å². The zero-order valence-electron chi connectivity index (χ0n) is 11.5. The third-order valence-corrected chi connectivity index (χ3v) is 69.2. The Morgan fingerprint density at radius 2 is 1.79 bits per heavy atom. The van der Waals surface area contributed by atoms with Crippen molar-refractivity contribution in [1.82, 2.24) is 0 Å². The second-order valence-corrected chi connectivity index (χ2v) is 36.2. The Hall–Kier alpha value is 0.669. The molecule has 9 unspecified atom stereocenters. The maximum absolute atomic E-state index is 13.0. The van der Waals surface area contributed by atoms with E-state index >= 15 is 0 Å². The third-order valence-electron chi connectivity index (χ3n) is 17.1. The van der Waals surface area contributed by atoms with Crippen LogP contribution in [0.25, 0.3) is 0 Å². The first-order valence-electron chi connectivity index (χ1n) is 8.18. The molecule has 1 spiro atoms.